The van der Waals surface area contributed by atoms with Crippen LogP contribution < -0.4 is 0 Å². The molecule has 0 aromatic carbocycles. The lowest BCUT2D eigenvalue weighted by atomic mass is 9.55. The summed E-state index contributed by atoms with van der Waals surface area (Å²) in [6.45, 7) is 10.4. The second-order valence-corrected chi connectivity index (χ2v) is 9.97. The Bertz CT molecular complexity index is 826. The summed E-state index contributed by atoms with van der Waals surface area (Å²) in [4.78, 5) is 29.4. The van der Waals surface area contributed by atoms with Crippen molar-refractivity contribution >= 4 is 11.9 Å². The number of hydrogen-bond acceptors (Lipinski definition) is 5. The maximum absolute atomic E-state index is 12.8. The van der Waals surface area contributed by atoms with Crippen LogP contribution >= 0.6 is 0 Å². The summed E-state index contributed by atoms with van der Waals surface area (Å²) in [6, 6.07) is 3.45. The maximum Gasteiger partial charge on any atom is 0.310 e. The Balaban J connectivity index is 1.21. The highest BCUT2D eigenvalue weighted by Crippen LogP contribution is 2.56. The molecule has 0 bridgehead atoms. The van der Waals surface area contributed by atoms with Gasteiger partial charge in [-0.1, -0.05) is 19.1 Å². The number of fused-ring (bicyclic) bond motifs is 2. The molecular formula is C24H32N2O4. The van der Waals surface area contributed by atoms with Gasteiger partial charge in [-0.05, 0) is 55.6 Å². The van der Waals surface area contributed by atoms with Gasteiger partial charge in [-0.25, -0.2) is 0 Å². The molecule has 2 aliphatic carbocycles. The summed E-state index contributed by atoms with van der Waals surface area (Å²) in [6.07, 6.45) is 7.17. The van der Waals surface area contributed by atoms with E-state index in [4.69, 9.17) is 9.15 Å². The van der Waals surface area contributed by atoms with Crippen molar-refractivity contribution in [3.63, 3.8) is 0 Å². The minimum Gasteiger partial charge on any atom is -0.462 e. The van der Waals surface area contributed by atoms with Gasteiger partial charge in [0, 0.05) is 38.6 Å². The van der Waals surface area contributed by atoms with Crippen LogP contribution in [0.1, 0.15) is 49.6 Å². The van der Waals surface area contributed by atoms with Gasteiger partial charge in [-0.3, -0.25) is 14.5 Å². The highest BCUT2D eigenvalue weighted by atomic mass is 16.6. The molecule has 3 heterocycles. The predicted octanol–water partition coefficient (Wildman–Crippen LogP) is 3.35. The summed E-state index contributed by atoms with van der Waals surface area (Å²) in [5, 5.41) is 0. The van der Waals surface area contributed by atoms with E-state index in [0.29, 0.717) is 30.7 Å². The van der Waals surface area contributed by atoms with Crippen molar-refractivity contribution in [1.29, 1.82) is 0 Å². The minimum absolute atomic E-state index is 0.0213. The van der Waals surface area contributed by atoms with Gasteiger partial charge in [0.2, 0.25) is 0 Å². The molecule has 2 aliphatic heterocycles. The number of furan rings is 1. The molecule has 5 atom stereocenters. The number of ether oxygens (including phenoxy) is 1. The van der Waals surface area contributed by atoms with Gasteiger partial charge in [0.05, 0.1) is 12.2 Å². The van der Waals surface area contributed by atoms with E-state index in [2.05, 4.69) is 18.4 Å². The van der Waals surface area contributed by atoms with Crippen molar-refractivity contribution < 1.29 is 18.7 Å². The molecule has 0 unspecified atom stereocenters. The van der Waals surface area contributed by atoms with Gasteiger partial charge < -0.3 is 14.1 Å². The van der Waals surface area contributed by atoms with Crippen LogP contribution in [-0.2, 0) is 9.53 Å². The molecule has 0 spiro atoms. The lowest BCUT2D eigenvalue weighted by Crippen LogP contribution is -2.51. The minimum atomic E-state index is -0.0541. The number of allylic oxidation sites excluding steroid dienone is 1. The van der Waals surface area contributed by atoms with Crippen LogP contribution in [0, 0.1) is 23.2 Å². The predicted molar refractivity (Wildman–Crippen MR) is 112 cm³/mol. The van der Waals surface area contributed by atoms with Gasteiger partial charge in [0.1, 0.15) is 6.10 Å². The highest BCUT2D eigenvalue weighted by molar-refractivity contribution is 5.91. The molecule has 162 valence electrons. The smallest absolute Gasteiger partial charge is 0.310 e. The fourth-order valence-electron chi connectivity index (χ4n) is 6.43. The van der Waals surface area contributed by atoms with Gasteiger partial charge in [-0.15, -0.1) is 0 Å². The van der Waals surface area contributed by atoms with E-state index in [-0.39, 0.29) is 29.3 Å². The lowest BCUT2D eigenvalue weighted by molar-refractivity contribution is -0.146. The van der Waals surface area contributed by atoms with Gasteiger partial charge >= 0.3 is 5.97 Å². The largest absolute Gasteiger partial charge is 0.462 e. The average Bonchev–Trinajstić information content (AvgIpc) is 3.35. The van der Waals surface area contributed by atoms with Crippen LogP contribution in [0.4, 0.5) is 0 Å². The first-order valence-electron chi connectivity index (χ1n) is 11.4. The molecule has 1 amide bonds. The first-order valence-corrected chi connectivity index (χ1v) is 11.4. The molecule has 0 radical (unpaired) electrons. The second-order valence-electron chi connectivity index (χ2n) is 9.97. The van der Waals surface area contributed by atoms with Crippen molar-refractivity contribution in [2.24, 2.45) is 23.2 Å². The van der Waals surface area contributed by atoms with E-state index in [9.17, 15) is 9.59 Å². The first-order chi connectivity index (χ1) is 14.4. The molecule has 6 nitrogen and oxygen atoms in total. The van der Waals surface area contributed by atoms with Gasteiger partial charge in [-0.2, -0.15) is 0 Å². The Morgan fingerprint density at radius 3 is 2.83 bits per heavy atom. The zero-order valence-corrected chi connectivity index (χ0v) is 17.8. The average molecular weight is 413 g/mol. The molecule has 5 rings (SSSR count). The van der Waals surface area contributed by atoms with E-state index in [1.54, 1.807) is 12.1 Å². The number of esters is 1. The van der Waals surface area contributed by atoms with Crippen LogP contribution in [0.2, 0.25) is 0 Å². The van der Waals surface area contributed by atoms with E-state index < -0.39 is 0 Å². The number of carbonyl (C=O) groups is 2. The van der Waals surface area contributed by atoms with E-state index in [1.807, 2.05) is 4.90 Å². The number of nitrogens with zero attached hydrogens (tertiary/aromatic N) is 2. The molecule has 4 aliphatic rings. The Hall–Kier alpha value is -2.08. The Morgan fingerprint density at radius 1 is 1.30 bits per heavy atom. The summed E-state index contributed by atoms with van der Waals surface area (Å²) in [5.41, 5.74) is 1.62. The van der Waals surface area contributed by atoms with E-state index >= 15 is 0 Å². The van der Waals surface area contributed by atoms with Gasteiger partial charge in [0.15, 0.2) is 5.76 Å². The van der Waals surface area contributed by atoms with Crippen molar-refractivity contribution in [3.05, 3.63) is 36.3 Å². The molecule has 6 heteroatoms. The summed E-state index contributed by atoms with van der Waals surface area (Å²) < 4.78 is 11.1. The van der Waals surface area contributed by atoms with Crippen LogP contribution in [0.25, 0.3) is 0 Å². The number of rotatable bonds is 3. The van der Waals surface area contributed by atoms with Crippen LogP contribution in [0.3, 0.4) is 0 Å². The SMILES string of the molecule is C=C1CCC[C@@]2(C)C[C@H]3OC(=O)[C@@H](CN4CCN(C(=O)c5ccco5)CC4)[C@@H]3C[C@@H]12. The molecule has 1 aromatic heterocycles. The summed E-state index contributed by atoms with van der Waals surface area (Å²) in [5.74, 6) is 1.08. The van der Waals surface area contributed by atoms with Crippen LogP contribution in [-0.4, -0.2) is 60.5 Å². The monoisotopic (exact) mass is 412 g/mol. The van der Waals surface area contributed by atoms with Crippen molar-refractivity contribution in [3.8, 4) is 0 Å². The fourth-order valence-corrected chi connectivity index (χ4v) is 6.43. The summed E-state index contributed by atoms with van der Waals surface area (Å²) in [7, 11) is 0. The van der Waals surface area contributed by atoms with Crippen LogP contribution in [0.5, 0.6) is 0 Å². The Morgan fingerprint density at radius 2 is 2.10 bits per heavy atom. The standard InChI is InChI=1S/C24H32N2O4/c1-16-5-3-7-24(2)14-21-17(13-19(16)24)18(23(28)30-21)15-25-8-10-26(11-9-25)22(27)20-6-4-12-29-20/h4,6,12,17-19,21H,1,3,5,7-11,13-15H2,2H3/t17-,18-,19-,21+,24-/m0/s1. The number of amides is 1. The normalized spacial score (nSPS) is 36.9. The van der Waals surface area contributed by atoms with Crippen LogP contribution in [0.15, 0.2) is 35.0 Å². The zero-order chi connectivity index (χ0) is 20.9. The molecule has 0 N–H and O–H groups in total. The Labute approximate surface area is 178 Å². The third-order valence-corrected chi connectivity index (χ3v) is 8.17. The van der Waals surface area contributed by atoms with Crippen molar-refractivity contribution in [2.45, 2.75) is 45.1 Å². The molecule has 2 saturated heterocycles. The fraction of sp³-hybridized carbons (Fsp3) is 0.667. The molecule has 30 heavy (non-hydrogen) atoms. The summed E-state index contributed by atoms with van der Waals surface area (Å²) >= 11 is 0. The first kappa shape index (κ1) is 19.9. The maximum atomic E-state index is 12.8. The highest BCUT2D eigenvalue weighted by Gasteiger charge is 2.55. The van der Waals surface area contributed by atoms with Crippen molar-refractivity contribution in [1.82, 2.24) is 9.80 Å². The number of carbonyl (C=O) groups excluding carboxylic acids is 2. The molecule has 1 aromatic rings. The second kappa shape index (κ2) is 7.56. The molecule has 2 saturated carbocycles. The topological polar surface area (TPSA) is 63.0 Å². The number of hydrogen-bond donors (Lipinski definition) is 0. The third kappa shape index (κ3) is 3.39. The van der Waals surface area contributed by atoms with Crippen molar-refractivity contribution in [2.75, 3.05) is 32.7 Å². The quantitative estimate of drug-likeness (QED) is 0.563. The van der Waals surface area contributed by atoms with E-state index in [1.165, 1.54) is 24.7 Å². The van der Waals surface area contributed by atoms with E-state index in [0.717, 1.165) is 38.9 Å². The zero-order valence-electron chi connectivity index (χ0n) is 17.8. The number of piperazine rings is 1. The molecular weight excluding hydrogens is 380 g/mol. The third-order valence-electron chi connectivity index (χ3n) is 8.17. The van der Waals surface area contributed by atoms with Gasteiger partial charge in [0.25, 0.3) is 5.91 Å². The lowest BCUT2D eigenvalue weighted by Gasteiger charge is -2.50. The molecule has 4 fully saturated rings. The Kier molecular flexibility index (Phi) is 5.00.